The number of hydrogen-bond donors (Lipinski definition) is 6. The second kappa shape index (κ2) is 14.7. The Hall–Kier alpha value is -4.62. The predicted octanol–water partition coefficient (Wildman–Crippen LogP) is 4.77. The number of hydrogen-bond acceptors (Lipinski definition) is 8. The summed E-state index contributed by atoms with van der Waals surface area (Å²) in [5, 5.41) is 9.11. The smallest absolute Gasteiger partial charge is 0.327 e. The summed E-state index contributed by atoms with van der Waals surface area (Å²) in [4.78, 5) is 38.0. The van der Waals surface area contributed by atoms with Crippen molar-refractivity contribution < 1.29 is 27.5 Å². The van der Waals surface area contributed by atoms with Gasteiger partial charge in [-0.15, -0.1) is 0 Å². The van der Waals surface area contributed by atoms with Crippen LogP contribution in [0.4, 0.5) is 17.1 Å². The van der Waals surface area contributed by atoms with E-state index in [2.05, 4.69) is 59.2 Å². The van der Waals surface area contributed by atoms with Crippen LogP contribution in [0.3, 0.4) is 0 Å². The first-order valence-electron chi connectivity index (χ1n) is 15.9. The maximum atomic E-state index is 13.2. The molecular weight excluding hydrogens is 632 g/mol. The number of carbonyl (C=O) groups excluding carboxylic acids is 3. The van der Waals surface area contributed by atoms with Crippen LogP contribution >= 0.6 is 0 Å². The van der Waals surface area contributed by atoms with Crippen LogP contribution in [-0.2, 0) is 24.4 Å². The molecule has 0 aliphatic carbocycles. The molecule has 1 aliphatic rings. The molecule has 4 rings (SSSR count). The van der Waals surface area contributed by atoms with Gasteiger partial charge in [0.25, 0.3) is 15.9 Å². The van der Waals surface area contributed by atoms with Crippen LogP contribution in [0.1, 0.15) is 65.0 Å². The molecule has 1 heterocycles. The average Bonchev–Trinajstić information content (AvgIpc) is 2.98. The van der Waals surface area contributed by atoms with Crippen molar-refractivity contribution in [2.24, 2.45) is 0 Å². The Morgan fingerprint density at radius 1 is 0.875 bits per heavy atom. The average molecular weight is 679 g/mol. The monoisotopic (exact) mass is 678 g/mol. The predicted molar refractivity (Wildman–Crippen MR) is 187 cm³/mol. The van der Waals surface area contributed by atoms with Gasteiger partial charge in [0, 0.05) is 28.5 Å². The topological polar surface area (TPSA) is 167 Å². The van der Waals surface area contributed by atoms with Crippen molar-refractivity contribution in [3.8, 4) is 5.75 Å². The lowest BCUT2D eigenvalue weighted by Gasteiger charge is -2.46. The second-order valence-electron chi connectivity index (χ2n) is 13.5. The lowest BCUT2D eigenvalue weighted by molar-refractivity contribution is -0.139. The van der Waals surface area contributed by atoms with Gasteiger partial charge in [-0.25, -0.2) is 8.42 Å². The third-order valence-corrected chi connectivity index (χ3v) is 9.24. The summed E-state index contributed by atoms with van der Waals surface area (Å²) in [5.41, 5.74) is 7.68. The molecule has 12 nitrogen and oxygen atoms in total. The first-order valence-corrected chi connectivity index (χ1v) is 17.4. The van der Waals surface area contributed by atoms with Gasteiger partial charge in [0.2, 0.25) is 0 Å². The normalized spacial score (nSPS) is 16.2. The first-order chi connectivity index (χ1) is 22.4. The number of aryl methyl sites for hydroxylation is 2. The minimum Gasteiger partial charge on any atom is -0.480 e. The van der Waals surface area contributed by atoms with E-state index in [-0.39, 0.29) is 27.7 Å². The van der Waals surface area contributed by atoms with Crippen molar-refractivity contribution in [2.45, 2.75) is 95.8 Å². The Morgan fingerprint density at radius 2 is 1.52 bits per heavy atom. The van der Waals surface area contributed by atoms with Gasteiger partial charge in [-0.2, -0.15) is 0 Å². The van der Waals surface area contributed by atoms with Crippen molar-refractivity contribution in [1.82, 2.24) is 16.1 Å². The summed E-state index contributed by atoms with van der Waals surface area (Å²) in [7, 11) is -4.02. The number of ether oxygens (including phenoxy) is 1. The largest absolute Gasteiger partial charge is 0.480 e. The summed E-state index contributed by atoms with van der Waals surface area (Å²) < 4.78 is 34.8. The highest BCUT2D eigenvalue weighted by Crippen LogP contribution is 2.28. The lowest BCUT2D eigenvalue weighted by atomic mass is 9.79. The molecule has 0 saturated carbocycles. The highest BCUT2D eigenvalue weighted by atomic mass is 32.2. The molecule has 1 saturated heterocycles. The zero-order valence-electron chi connectivity index (χ0n) is 28.5. The van der Waals surface area contributed by atoms with E-state index in [1.165, 1.54) is 30.3 Å². The molecule has 6 N–H and O–H groups in total. The molecule has 1 atom stereocenters. The molecule has 1 aliphatic heterocycles. The lowest BCUT2D eigenvalue weighted by Crippen LogP contribution is -2.63. The molecule has 3 aromatic rings. The van der Waals surface area contributed by atoms with Gasteiger partial charge >= 0.3 is 11.8 Å². The van der Waals surface area contributed by atoms with Crippen molar-refractivity contribution in [3.63, 3.8) is 0 Å². The van der Waals surface area contributed by atoms with E-state index in [0.29, 0.717) is 36.4 Å². The van der Waals surface area contributed by atoms with E-state index in [4.69, 9.17) is 4.74 Å². The van der Waals surface area contributed by atoms with Gasteiger partial charge in [-0.3, -0.25) is 30.0 Å². The van der Waals surface area contributed by atoms with E-state index < -0.39 is 33.8 Å². The number of anilines is 3. The fourth-order valence-corrected chi connectivity index (χ4v) is 7.17. The Labute approximate surface area is 282 Å². The molecule has 0 aromatic heterocycles. The van der Waals surface area contributed by atoms with E-state index in [0.717, 1.165) is 11.1 Å². The SMILES string of the molecule is CCC(Oc1ccc(C)cc1C)C(=O)Nc1cccc(S(=O)(=O)Nc2ccc(NNC(=O)C(=O)NC3CC(C)(C)NC(C)(C)C3)cc2)c1. The fourth-order valence-electron chi connectivity index (χ4n) is 6.07. The summed E-state index contributed by atoms with van der Waals surface area (Å²) in [6, 6.07) is 17.6. The molecule has 48 heavy (non-hydrogen) atoms. The van der Waals surface area contributed by atoms with E-state index in [1.807, 2.05) is 39.0 Å². The molecule has 0 bridgehead atoms. The number of nitrogens with one attached hydrogen (secondary N) is 6. The van der Waals surface area contributed by atoms with Gasteiger partial charge in [0.05, 0.1) is 10.6 Å². The molecule has 0 radical (unpaired) electrons. The summed E-state index contributed by atoms with van der Waals surface area (Å²) >= 11 is 0. The number of carbonyl (C=O) groups is 3. The third kappa shape index (κ3) is 9.94. The minimum atomic E-state index is -4.02. The number of amides is 3. The Balaban J connectivity index is 1.31. The molecule has 3 amide bonds. The number of hydrazine groups is 1. The standard InChI is InChI=1S/C35H46N6O6S/c1-8-29(47-30-17-12-22(2)18-23(30)3)31(42)36-26-10-9-11-28(19-26)48(45,46)40-25-15-13-24(14-16-25)38-39-33(44)32(43)37-27-20-34(4,5)41-35(6,7)21-27/h9-19,27,29,38,40-41H,8,20-21H2,1-7H3,(H,36,42)(H,37,43)(H,39,44). The van der Waals surface area contributed by atoms with Gasteiger partial charge in [-0.05, 0) is 115 Å². The zero-order chi connectivity index (χ0) is 35.3. The van der Waals surface area contributed by atoms with Gasteiger partial charge in [0.1, 0.15) is 5.75 Å². The van der Waals surface area contributed by atoms with Crippen molar-refractivity contribution in [3.05, 3.63) is 77.9 Å². The van der Waals surface area contributed by atoms with Crippen LogP contribution in [0, 0.1) is 13.8 Å². The van der Waals surface area contributed by atoms with Crippen LogP contribution in [0.25, 0.3) is 0 Å². The fraction of sp³-hybridized carbons (Fsp3) is 0.400. The molecular formula is C35H46N6O6S. The number of benzene rings is 3. The van der Waals surface area contributed by atoms with E-state index in [9.17, 15) is 22.8 Å². The number of rotatable bonds is 11. The van der Waals surface area contributed by atoms with Gasteiger partial charge < -0.3 is 20.7 Å². The maximum absolute atomic E-state index is 13.2. The Kier molecular flexibility index (Phi) is 11.1. The highest BCUT2D eigenvalue weighted by Gasteiger charge is 2.38. The number of piperidine rings is 1. The minimum absolute atomic E-state index is 0.0513. The second-order valence-corrected chi connectivity index (χ2v) is 15.2. The first kappa shape index (κ1) is 36.2. The molecule has 3 aromatic carbocycles. The van der Waals surface area contributed by atoms with E-state index >= 15 is 0 Å². The van der Waals surface area contributed by atoms with Gasteiger partial charge in [0.15, 0.2) is 6.10 Å². The van der Waals surface area contributed by atoms with Crippen LogP contribution in [0.5, 0.6) is 5.75 Å². The highest BCUT2D eigenvalue weighted by molar-refractivity contribution is 7.92. The summed E-state index contributed by atoms with van der Waals surface area (Å²) in [6.45, 7) is 14.0. The summed E-state index contributed by atoms with van der Waals surface area (Å²) in [5.74, 6) is -1.38. The molecule has 1 unspecified atom stereocenters. The Bertz CT molecular complexity index is 1740. The quantitative estimate of drug-likeness (QED) is 0.125. The third-order valence-electron chi connectivity index (χ3n) is 7.86. The van der Waals surface area contributed by atoms with Crippen LogP contribution < -0.4 is 36.3 Å². The van der Waals surface area contributed by atoms with Gasteiger partial charge in [-0.1, -0.05) is 30.7 Å². The van der Waals surface area contributed by atoms with Crippen LogP contribution in [0.2, 0.25) is 0 Å². The molecule has 1 fully saturated rings. The molecule has 258 valence electrons. The van der Waals surface area contributed by atoms with Crippen molar-refractivity contribution in [1.29, 1.82) is 0 Å². The Morgan fingerprint density at radius 3 is 2.15 bits per heavy atom. The number of sulfonamides is 1. The van der Waals surface area contributed by atoms with Crippen molar-refractivity contribution in [2.75, 3.05) is 15.5 Å². The summed E-state index contributed by atoms with van der Waals surface area (Å²) in [6.07, 6.45) is 1.00. The maximum Gasteiger partial charge on any atom is 0.327 e. The van der Waals surface area contributed by atoms with Crippen LogP contribution in [-0.4, -0.2) is 49.4 Å². The van der Waals surface area contributed by atoms with E-state index in [1.54, 1.807) is 18.2 Å². The zero-order valence-corrected chi connectivity index (χ0v) is 29.3. The molecule has 13 heteroatoms. The van der Waals surface area contributed by atoms with Crippen LogP contribution in [0.15, 0.2) is 71.6 Å². The van der Waals surface area contributed by atoms with Crippen molar-refractivity contribution >= 4 is 44.8 Å². The molecule has 0 spiro atoms.